The fourth-order valence-corrected chi connectivity index (χ4v) is 1.68. The Morgan fingerprint density at radius 3 is 2.53 bits per heavy atom. The molecule has 1 N–H and O–H groups in total. The fourth-order valence-electron chi connectivity index (χ4n) is 1.68. The maximum Gasteiger partial charge on any atom is 0.339 e. The molecule has 0 fully saturated rings. The molecular weight excluding hydrogens is 247 g/mol. The highest BCUT2D eigenvalue weighted by Crippen LogP contribution is 2.29. The summed E-state index contributed by atoms with van der Waals surface area (Å²) in [6.07, 6.45) is 0. The number of ether oxygens (including phenoxy) is 1. The molecular formula is C15H13FO3. The maximum absolute atomic E-state index is 13.7. The molecule has 0 aliphatic heterocycles. The van der Waals surface area contributed by atoms with Crippen molar-refractivity contribution in [3.05, 3.63) is 58.9 Å². The van der Waals surface area contributed by atoms with Gasteiger partial charge in [0.25, 0.3) is 0 Å². The predicted octanol–water partition coefficient (Wildman–Crippen LogP) is 3.93. The largest absolute Gasteiger partial charge is 0.478 e. The number of halogens is 1. The highest BCUT2D eigenvalue weighted by Gasteiger charge is 2.16. The number of carboxylic acid groups (broad SMARTS) is 1. The van der Waals surface area contributed by atoms with Gasteiger partial charge in [0.05, 0.1) is 0 Å². The highest BCUT2D eigenvalue weighted by atomic mass is 19.1. The number of para-hydroxylation sites is 1. The van der Waals surface area contributed by atoms with Crippen LogP contribution in [0.3, 0.4) is 0 Å². The van der Waals surface area contributed by atoms with Crippen LogP contribution < -0.4 is 4.74 Å². The van der Waals surface area contributed by atoms with Gasteiger partial charge in [0, 0.05) is 0 Å². The summed E-state index contributed by atoms with van der Waals surface area (Å²) in [6, 6.07) is 9.08. The molecule has 3 nitrogen and oxygen atoms in total. The molecule has 2 aromatic carbocycles. The van der Waals surface area contributed by atoms with E-state index in [1.807, 2.05) is 19.9 Å². The van der Waals surface area contributed by atoms with Gasteiger partial charge in [-0.05, 0) is 49.2 Å². The third-order valence-electron chi connectivity index (χ3n) is 2.90. The van der Waals surface area contributed by atoms with E-state index in [1.165, 1.54) is 18.2 Å². The van der Waals surface area contributed by atoms with Gasteiger partial charge >= 0.3 is 5.97 Å². The van der Waals surface area contributed by atoms with Crippen molar-refractivity contribution in [1.82, 2.24) is 0 Å². The Bertz CT molecular complexity index is 635. The van der Waals surface area contributed by atoms with E-state index in [2.05, 4.69) is 0 Å². The summed E-state index contributed by atoms with van der Waals surface area (Å²) in [5, 5.41) is 9.02. The number of carboxylic acids is 1. The molecule has 0 aliphatic carbocycles. The van der Waals surface area contributed by atoms with Crippen molar-refractivity contribution in [2.75, 3.05) is 0 Å². The van der Waals surface area contributed by atoms with Gasteiger partial charge in [0.1, 0.15) is 11.3 Å². The van der Waals surface area contributed by atoms with E-state index in [0.29, 0.717) is 5.75 Å². The number of aromatic carboxylic acids is 1. The van der Waals surface area contributed by atoms with Crippen LogP contribution in [0.25, 0.3) is 0 Å². The van der Waals surface area contributed by atoms with E-state index in [9.17, 15) is 9.18 Å². The van der Waals surface area contributed by atoms with Crippen LogP contribution in [0.4, 0.5) is 4.39 Å². The first-order valence-electron chi connectivity index (χ1n) is 5.76. The number of rotatable bonds is 3. The third kappa shape index (κ3) is 2.73. The van der Waals surface area contributed by atoms with E-state index in [-0.39, 0.29) is 11.3 Å². The topological polar surface area (TPSA) is 46.5 Å². The van der Waals surface area contributed by atoms with Gasteiger partial charge in [-0.2, -0.15) is 0 Å². The van der Waals surface area contributed by atoms with Crippen LogP contribution in [0.1, 0.15) is 21.5 Å². The first kappa shape index (κ1) is 13.1. The van der Waals surface area contributed by atoms with Crippen molar-refractivity contribution in [3.63, 3.8) is 0 Å². The Balaban J connectivity index is 2.42. The Kier molecular flexibility index (Phi) is 3.51. The summed E-state index contributed by atoms with van der Waals surface area (Å²) in [5.74, 6) is -1.77. The molecule has 0 atom stereocenters. The summed E-state index contributed by atoms with van der Waals surface area (Å²) in [4.78, 5) is 11.0. The minimum Gasteiger partial charge on any atom is -0.478 e. The summed E-state index contributed by atoms with van der Waals surface area (Å²) in [6.45, 7) is 3.85. The lowest BCUT2D eigenvalue weighted by Crippen LogP contribution is -2.02. The van der Waals surface area contributed by atoms with Crippen LogP contribution in [-0.4, -0.2) is 11.1 Å². The van der Waals surface area contributed by atoms with E-state index in [0.717, 1.165) is 11.1 Å². The van der Waals surface area contributed by atoms with Crippen molar-refractivity contribution in [2.24, 2.45) is 0 Å². The Morgan fingerprint density at radius 1 is 1.16 bits per heavy atom. The Labute approximate surface area is 110 Å². The summed E-state index contributed by atoms with van der Waals surface area (Å²) >= 11 is 0. The molecule has 0 saturated carbocycles. The minimum atomic E-state index is -1.22. The molecule has 4 heteroatoms. The summed E-state index contributed by atoms with van der Waals surface area (Å²) in [7, 11) is 0. The molecule has 0 unspecified atom stereocenters. The number of hydrogen-bond donors (Lipinski definition) is 1. The summed E-state index contributed by atoms with van der Waals surface area (Å²) < 4.78 is 19.1. The Hall–Kier alpha value is -2.36. The average Bonchev–Trinajstić information content (AvgIpc) is 2.36. The van der Waals surface area contributed by atoms with Gasteiger partial charge in [0.15, 0.2) is 11.6 Å². The second-order valence-electron chi connectivity index (χ2n) is 4.27. The second kappa shape index (κ2) is 5.10. The van der Waals surface area contributed by atoms with Gasteiger partial charge in [0.2, 0.25) is 0 Å². The first-order chi connectivity index (χ1) is 8.99. The molecule has 0 aliphatic rings. The average molecular weight is 260 g/mol. The van der Waals surface area contributed by atoms with Gasteiger partial charge in [-0.1, -0.05) is 12.1 Å². The maximum atomic E-state index is 13.7. The lowest BCUT2D eigenvalue weighted by atomic mass is 10.1. The molecule has 0 aromatic heterocycles. The zero-order valence-electron chi connectivity index (χ0n) is 10.6. The molecule has 98 valence electrons. The lowest BCUT2D eigenvalue weighted by Gasteiger charge is -2.11. The second-order valence-corrected chi connectivity index (χ2v) is 4.27. The first-order valence-corrected chi connectivity index (χ1v) is 5.76. The minimum absolute atomic E-state index is 0.196. The predicted molar refractivity (Wildman–Crippen MR) is 69.3 cm³/mol. The van der Waals surface area contributed by atoms with Crippen LogP contribution in [0, 0.1) is 19.7 Å². The molecule has 19 heavy (non-hydrogen) atoms. The monoisotopic (exact) mass is 260 g/mol. The molecule has 0 spiro atoms. The van der Waals surface area contributed by atoms with E-state index < -0.39 is 11.8 Å². The third-order valence-corrected chi connectivity index (χ3v) is 2.90. The van der Waals surface area contributed by atoms with Crippen molar-refractivity contribution < 1.29 is 19.0 Å². The van der Waals surface area contributed by atoms with Crippen LogP contribution in [0.15, 0.2) is 36.4 Å². The quantitative estimate of drug-likeness (QED) is 0.909. The zero-order valence-corrected chi connectivity index (χ0v) is 10.6. The van der Waals surface area contributed by atoms with Gasteiger partial charge in [-0.15, -0.1) is 0 Å². The molecule has 2 rings (SSSR count). The number of aryl methyl sites for hydroxylation is 2. The van der Waals surface area contributed by atoms with Crippen LogP contribution >= 0.6 is 0 Å². The molecule has 0 radical (unpaired) electrons. The van der Waals surface area contributed by atoms with Crippen molar-refractivity contribution in [3.8, 4) is 11.5 Å². The number of hydrogen-bond acceptors (Lipinski definition) is 2. The van der Waals surface area contributed by atoms with Crippen molar-refractivity contribution >= 4 is 5.97 Å². The van der Waals surface area contributed by atoms with E-state index >= 15 is 0 Å². The molecule has 2 aromatic rings. The smallest absolute Gasteiger partial charge is 0.339 e. The fraction of sp³-hybridized carbons (Fsp3) is 0.133. The standard InChI is InChI=1S/C15H13FO3/c1-9-6-7-11(8-10(9)2)19-14-12(15(17)18)4-3-5-13(14)16/h3-8H,1-2H3,(H,17,18). The SMILES string of the molecule is Cc1ccc(Oc2c(F)cccc2C(=O)O)cc1C. The zero-order chi connectivity index (χ0) is 14.0. The lowest BCUT2D eigenvalue weighted by molar-refractivity contribution is 0.0693. The van der Waals surface area contributed by atoms with Crippen molar-refractivity contribution in [2.45, 2.75) is 13.8 Å². The van der Waals surface area contributed by atoms with Gasteiger partial charge in [-0.3, -0.25) is 0 Å². The Morgan fingerprint density at radius 2 is 1.89 bits per heavy atom. The van der Waals surface area contributed by atoms with E-state index in [4.69, 9.17) is 9.84 Å². The molecule has 0 bridgehead atoms. The summed E-state index contributed by atoms with van der Waals surface area (Å²) in [5.41, 5.74) is 1.88. The molecule has 0 amide bonds. The number of benzene rings is 2. The van der Waals surface area contributed by atoms with Crippen LogP contribution in [0.5, 0.6) is 11.5 Å². The van der Waals surface area contributed by atoms with E-state index in [1.54, 1.807) is 12.1 Å². The van der Waals surface area contributed by atoms with Gasteiger partial charge in [-0.25, -0.2) is 9.18 Å². The highest BCUT2D eigenvalue weighted by molar-refractivity contribution is 5.91. The van der Waals surface area contributed by atoms with Gasteiger partial charge < -0.3 is 9.84 Å². The van der Waals surface area contributed by atoms with Crippen LogP contribution in [-0.2, 0) is 0 Å². The van der Waals surface area contributed by atoms with Crippen LogP contribution in [0.2, 0.25) is 0 Å². The molecule has 0 saturated heterocycles. The number of carbonyl (C=O) groups is 1. The molecule has 0 heterocycles. The van der Waals surface area contributed by atoms with Crippen molar-refractivity contribution in [1.29, 1.82) is 0 Å². The normalized spacial score (nSPS) is 10.3.